The molecule has 68 valence electrons. The van der Waals surface area contributed by atoms with Gasteiger partial charge >= 0.3 is 0 Å². The summed E-state index contributed by atoms with van der Waals surface area (Å²) in [6.45, 7) is 6.59. The number of rotatable bonds is 3. The van der Waals surface area contributed by atoms with Crippen molar-refractivity contribution < 1.29 is 0 Å². The summed E-state index contributed by atoms with van der Waals surface area (Å²) in [7, 11) is 0. The lowest BCUT2D eigenvalue weighted by Crippen LogP contribution is -2.36. The first-order valence-corrected chi connectivity index (χ1v) is 4.93. The van der Waals surface area contributed by atoms with Gasteiger partial charge in [0.1, 0.15) is 6.04 Å². The lowest BCUT2D eigenvalue weighted by molar-refractivity contribution is 0.226. The zero-order chi connectivity index (χ0) is 8.97. The van der Waals surface area contributed by atoms with Gasteiger partial charge in [-0.25, -0.2) is 0 Å². The third-order valence-corrected chi connectivity index (χ3v) is 2.85. The van der Waals surface area contributed by atoms with E-state index in [0.29, 0.717) is 5.92 Å². The van der Waals surface area contributed by atoms with E-state index in [1.807, 2.05) is 0 Å². The van der Waals surface area contributed by atoms with E-state index in [0.717, 1.165) is 19.5 Å². The molecule has 0 N–H and O–H groups in total. The minimum absolute atomic E-state index is 0.164. The zero-order valence-electron chi connectivity index (χ0n) is 8.08. The Bertz CT molecular complexity index is 165. The molecule has 0 aromatic rings. The monoisotopic (exact) mass is 166 g/mol. The molecule has 1 saturated heterocycles. The van der Waals surface area contributed by atoms with Crippen LogP contribution in [0, 0.1) is 17.2 Å². The highest BCUT2D eigenvalue weighted by atomic mass is 15.2. The molecule has 0 bridgehead atoms. The summed E-state index contributed by atoms with van der Waals surface area (Å²) in [5, 5.41) is 9.00. The molecule has 1 rings (SSSR count). The van der Waals surface area contributed by atoms with E-state index in [-0.39, 0.29) is 6.04 Å². The van der Waals surface area contributed by atoms with Crippen LogP contribution in [0.4, 0.5) is 0 Å². The average molecular weight is 166 g/mol. The van der Waals surface area contributed by atoms with Crippen molar-refractivity contribution in [1.29, 1.82) is 5.26 Å². The minimum Gasteiger partial charge on any atom is -0.288 e. The van der Waals surface area contributed by atoms with Crippen LogP contribution < -0.4 is 0 Å². The second-order valence-electron chi connectivity index (χ2n) is 3.70. The van der Waals surface area contributed by atoms with Gasteiger partial charge in [-0.05, 0) is 31.8 Å². The summed E-state index contributed by atoms with van der Waals surface area (Å²) < 4.78 is 0. The third kappa shape index (κ3) is 1.98. The topological polar surface area (TPSA) is 27.0 Å². The van der Waals surface area contributed by atoms with Gasteiger partial charge in [-0.1, -0.05) is 20.3 Å². The molecule has 1 aliphatic heterocycles. The molecule has 2 unspecified atom stereocenters. The molecule has 1 heterocycles. The molecule has 1 fully saturated rings. The predicted octanol–water partition coefficient (Wildman–Crippen LogP) is 2.02. The van der Waals surface area contributed by atoms with E-state index in [2.05, 4.69) is 24.8 Å². The molecular formula is C10H18N2. The SMILES string of the molecule is CCC(C)C(C#N)N1CCCC1. The molecule has 2 atom stereocenters. The Labute approximate surface area is 75.2 Å². The van der Waals surface area contributed by atoms with Gasteiger partial charge in [0, 0.05) is 0 Å². The second kappa shape index (κ2) is 4.47. The van der Waals surface area contributed by atoms with Crippen LogP contribution in [0.2, 0.25) is 0 Å². The molecule has 2 heteroatoms. The molecule has 0 amide bonds. The first-order valence-electron chi connectivity index (χ1n) is 4.93. The first kappa shape index (κ1) is 9.54. The van der Waals surface area contributed by atoms with Gasteiger partial charge in [-0.2, -0.15) is 5.26 Å². The minimum atomic E-state index is 0.164. The summed E-state index contributed by atoms with van der Waals surface area (Å²) in [6, 6.07) is 2.58. The number of nitriles is 1. The maximum absolute atomic E-state index is 9.00. The summed E-state index contributed by atoms with van der Waals surface area (Å²) in [4.78, 5) is 2.33. The van der Waals surface area contributed by atoms with Crippen molar-refractivity contribution in [3.63, 3.8) is 0 Å². The van der Waals surface area contributed by atoms with Gasteiger partial charge in [0.25, 0.3) is 0 Å². The van der Waals surface area contributed by atoms with E-state index in [4.69, 9.17) is 5.26 Å². The number of nitrogens with zero attached hydrogens (tertiary/aromatic N) is 2. The summed E-state index contributed by atoms with van der Waals surface area (Å²) >= 11 is 0. The van der Waals surface area contributed by atoms with Crippen molar-refractivity contribution in [3.05, 3.63) is 0 Å². The maximum Gasteiger partial charge on any atom is 0.100 e. The first-order chi connectivity index (χ1) is 5.79. The Hall–Kier alpha value is -0.550. The van der Waals surface area contributed by atoms with E-state index >= 15 is 0 Å². The van der Waals surface area contributed by atoms with Crippen LogP contribution in [0.15, 0.2) is 0 Å². The van der Waals surface area contributed by atoms with Crippen molar-refractivity contribution in [2.45, 2.75) is 39.2 Å². The van der Waals surface area contributed by atoms with E-state index in [1.54, 1.807) is 0 Å². The summed E-state index contributed by atoms with van der Waals surface area (Å²) in [5.74, 6) is 0.521. The number of hydrogen-bond acceptors (Lipinski definition) is 2. The fourth-order valence-corrected chi connectivity index (χ4v) is 1.81. The Morgan fingerprint density at radius 2 is 2.00 bits per heavy atom. The highest BCUT2D eigenvalue weighted by molar-refractivity contribution is 4.96. The van der Waals surface area contributed by atoms with Crippen LogP contribution in [-0.4, -0.2) is 24.0 Å². The van der Waals surface area contributed by atoms with E-state index < -0.39 is 0 Å². The van der Waals surface area contributed by atoms with Crippen LogP contribution in [0.3, 0.4) is 0 Å². The molecule has 0 spiro atoms. The van der Waals surface area contributed by atoms with Gasteiger partial charge < -0.3 is 0 Å². The largest absolute Gasteiger partial charge is 0.288 e. The Balaban J connectivity index is 2.49. The van der Waals surface area contributed by atoms with Crippen LogP contribution in [0.25, 0.3) is 0 Å². The van der Waals surface area contributed by atoms with Crippen molar-refractivity contribution in [2.75, 3.05) is 13.1 Å². The number of hydrogen-bond donors (Lipinski definition) is 0. The van der Waals surface area contributed by atoms with Gasteiger partial charge in [-0.3, -0.25) is 4.90 Å². The van der Waals surface area contributed by atoms with E-state index in [1.165, 1.54) is 12.8 Å². The molecule has 1 aliphatic rings. The molecular weight excluding hydrogens is 148 g/mol. The van der Waals surface area contributed by atoms with Gasteiger partial charge in [-0.15, -0.1) is 0 Å². The van der Waals surface area contributed by atoms with Crippen molar-refractivity contribution >= 4 is 0 Å². The molecule has 2 nitrogen and oxygen atoms in total. The third-order valence-electron chi connectivity index (χ3n) is 2.85. The zero-order valence-corrected chi connectivity index (χ0v) is 8.08. The quantitative estimate of drug-likeness (QED) is 0.641. The lowest BCUT2D eigenvalue weighted by atomic mass is 9.99. The fourth-order valence-electron chi connectivity index (χ4n) is 1.81. The summed E-state index contributed by atoms with van der Waals surface area (Å²) in [6.07, 6.45) is 3.65. The maximum atomic E-state index is 9.00. The molecule has 0 aliphatic carbocycles. The Morgan fingerprint density at radius 1 is 1.42 bits per heavy atom. The van der Waals surface area contributed by atoms with Crippen molar-refractivity contribution in [1.82, 2.24) is 4.90 Å². The average Bonchev–Trinajstić information content (AvgIpc) is 2.58. The predicted molar refractivity (Wildman–Crippen MR) is 49.7 cm³/mol. The molecule has 0 saturated carbocycles. The van der Waals surface area contributed by atoms with Gasteiger partial charge in [0.2, 0.25) is 0 Å². The van der Waals surface area contributed by atoms with Crippen LogP contribution in [0.5, 0.6) is 0 Å². The van der Waals surface area contributed by atoms with Crippen LogP contribution in [-0.2, 0) is 0 Å². The Morgan fingerprint density at radius 3 is 2.42 bits per heavy atom. The molecule has 0 aromatic carbocycles. The van der Waals surface area contributed by atoms with E-state index in [9.17, 15) is 0 Å². The normalized spacial score (nSPS) is 23.4. The molecule has 12 heavy (non-hydrogen) atoms. The number of likely N-dealkylation sites (tertiary alicyclic amines) is 1. The van der Waals surface area contributed by atoms with Gasteiger partial charge in [0.15, 0.2) is 0 Å². The fraction of sp³-hybridized carbons (Fsp3) is 0.900. The highest BCUT2D eigenvalue weighted by Gasteiger charge is 2.25. The molecule has 0 aromatic heterocycles. The Kier molecular flexibility index (Phi) is 3.55. The highest BCUT2D eigenvalue weighted by Crippen LogP contribution is 2.18. The lowest BCUT2D eigenvalue weighted by Gasteiger charge is -2.25. The van der Waals surface area contributed by atoms with Gasteiger partial charge in [0.05, 0.1) is 6.07 Å². The molecule has 0 radical (unpaired) electrons. The van der Waals surface area contributed by atoms with Crippen LogP contribution >= 0.6 is 0 Å². The smallest absolute Gasteiger partial charge is 0.100 e. The van der Waals surface area contributed by atoms with Crippen LogP contribution in [0.1, 0.15) is 33.1 Å². The standard InChI is InChI=1S/C10H18N2/c1-3-9(2)10(8-11)12-6-4-5-7-12/h9-10H,3-7H2,1-2H3. The van der Waals surface area contributed by atoms with Crippen molar-refractivity contribution in [3.8, 4) is 6.07 Å². The summed E-state index contributed by atoms with van der Waals surface area (Å²) in [5.41, 5.74) is 0. The van der Waals surface area contributed by atoms with Crippen molar-refractivity contribution in [2.24, 2.45) is 5.92 Å². The second-order valence-corrected chi connectivity index (χ2v) is 3.70.